The minimum absolute atomic E-state index is 1.23. The molecule has 0 rings (SSSR count). The Kier molecular flexibility index (Phi) is 4.66. The molecule has 0 nitrogen and oxygen atoms in total. The first-order valence-electron chi connectivity index (χ1n) is 4.40. The summed E-state index contributed by atoms with van der Waals surface area (Å²) in [6.45, 7) is 1.94. The molecule has 0 amide bonds. The van der Waals surface area contributed by atoms with Gasteiger partial charge < -0.3 is 0 Å². The molecule has 0 aliphatic carbocycles. The molecule has 0 heterocycles. The van der Waals surface area contributed by atoms with Crippen molar-refractivity contribution in [1.29, 1.82) is 0 Å². The molecule has 13 heteroatoms. The molecule has 126 valence electrons. The SMILES string of the molecule is C=CC(F)(F)C(F)(F)C(F)(F)C(F)(F)C(F)(F)C(F)(F)Cl. The van der Waals surface area contributed by atoms with Crippen molar-refractivity contribution >= 4 is 11.6 Å². The lowest BCUT2D eigenvalue weighted by Crippen LogP contribution is -2.69. The van der Waals surface area contributed by atoms with Gasteiger partial charge in [-0.2, -0.15) is 52.7 Å². The number of hydrogen-bond acceptors (Lipinski definition) is 0. The second-order valence-corrected chi connectivity index (χ2v) is 4.10. The lowest BCUT2D eigenvalue weighted by atomic mass is 9.94. The highest BCUT2D eigenvalue weighted by molar-refractivity contribution is 6.22. The van der Waals surface area contributed by atoms with Gasteiger partial charge in [-0.25, -0.2) is 0 Å². The normalized spacial score (nSPS) is 16.0. The van der Waals surface area contributed by atoms with E-state index >= 15 is 0 Å². The molecule has 0 radical (unpaired) electrons. The van der Waals surface area contributed by atoms with Crippen molar-refractivity contribution < 1.29 is 52.7 Å². The predicted molar refractivity (Wildman–Crippen MR) is 45.7 cm³/mol. The molecule has 21 heavy (non-hydrogen) atoms. The van der Waals surface area contributed by atoms with Crippen LogP contribution in [0, 0.1) is 0 Å². The Balaban J connectivity index is 6.20. The molecular formula is C8H3ClF12. The Morgan fingerprint density at radius 3 is 1.10 bits per heavy atom. The van der Waals surface area contributed by atoms with Gasteiger partial charge in [0, 0.05) is 0 Å². The molecule has 0 aromatic carbocycles. The van der Waals surface area contributed by atoms with Crippen molar-refractivity contribution in [3.05, 3.63) is 12.7 Å². The van der Waals surface area contributed by atoms with Crippen molar-refractivity contribution in [1.82, 2.24) is 0 Å². The lowest BCUT2D eigenvalue weighted by molar-refractivity contribution is -0.411. The molecule has 0 aromatic heterocycles. The zero-order valence-electron chi connectivity index (χ0n) is 9.20. The quantitative estimate of drug-likeness (QED) is 0.347. The Morgan fingerprint density at radius 2 is 0.857 bits per heavy atom. The fraction of sp³-hybridized carbons (Fsp3) is 0.750. The molecule has 0 aliphatic rings. The zero-order valence-corrected chi connectivity index (χ0v) is 9.95. The van der Waals surface area contributed by atoms with Crippen LogP contribution < -0.4 is 0 Å². The third-order valence-electron chi connectivity index (χ3n) is 2.21. The number of rotatable bonds is 6. The highest BCUT2D eigenvalue weighted by Gasteiger charge is 2.89. The van der Waals surface area contributed by atoms with Crippen LogP contribution in [0.5, 0.6) is 0 Å². The van der Waals surface area contributed by atoms with E-state index in [-0.39, 0.29) is 0 Å². The first kappa shape index (κ1) is 20.2. The summed E-state index contributed by atoms with van der Waals surface area (Å²) in [4.78, 5) is 0. The van der Waals surface area contributed by atoms with Crippen LogP contribution in [0.4, 0.5) is 52.7 Å². The molecule has 0 aromatic rings. The summed E-state index contributed by atoms with van der Waals surface area (Å²) in [6.07, 6.45) is -1.23. The monoisotopic (exact) mass is 362 g/mol. The Labute approximate surface area is 113 Å². The third-order valence-corrected chi connectivity index (χ3v) is 2.45. The minimum atomic E-state index is -7.61. The predicted octanol–water partition coefficient (Wildman–Crippen LogP) is 5.18. The largest absolute Gasteiger partial charge is 0.393 e. The summed E-state index contributed by atoms with van der Waals surface area (Å²) in [5.74, 6) is -35.7. The van der Waals surface area contributed by atoms with Gasteiger partial charge in [-0.05, 0) is 17.7 Å². The van der Waals surface area contributed by atoms with E-state index in [4.69, 9.17) is 0 Å². The van der Waals surface area contributed by atoms with Gasteiger partial charge in [-0.3, -0.25) is 0 Å². The van der Waals surface area contributed by atoms with E-state index in [1.807, 2.05) is 6.58 Å². The molecule has 0 saturated heterocycles. The average Bonchev–Trinajstić information content (AvgIpc) is 2.26. The summed E-state index contributed by atoms with van der Waals surface area (Å²) >= 11 is 3.46. The van der Waals surface area contributed by atoms with Gasteiger partial charge in [0.2, 0.25) is 0 Å². The van der Waals surface area contributed by atoms with Gasteiger partial charge in [0.25, 0.3) is 0 Å². The van der Waals surface area contributed by atoms with Crippen LogP contribution in [0.3, 0.4) is 0 Å². The van der Waals surface area contributed by atoms with Crippen molar-refractivity contribution in [2.24, 2.45) is 0 Å². The molecule has 0 atom stereocenters. The van der Waals surface area contributed by atoms with Crippen LogP contribution in [0.25, 0.3) is 0 Å². The summed E-state index contributed by atoms with van der Waals surface area (Å²) in [7, 11) is 0. The Hall–Kier alpha value is -0.810. The van der Waals surface area contributed by atoms with E-state index in [9.17, 15) is 52.7 Å². The minimum Gasteiger partial charge on any atom is -0.195 e. The summed E-state index contributed by atoms with van der Waals surface area (Å²) in [5, 5.41) is -6.42. The number of hydrogen-bond donors (Lipinski definition) is 0. The van der Waals surface area contributed by atoms with Crippen molar-refractivity contribution in [2.45, 2.75) is 35.0 Å². The van der Waals surface area contributed by atoms with Crippen LogP contribution in [0.15, 0.2) is 12.7 Å². The van der Waals surface area contributed by atoms with E-state index in [2.05, 4.69) is 11.6 Å². The maximum atomic E-state index is 12.8. The third kappa shape index (κ3) is 2.55. The molecule has 0 N–H and O–H groups in total. The van der Waals surface area contributed by atoms with Crippen LogP contribution in [-0.2, 0) is 0 Å². The van der Waals surface area contributed by atoms with Crippen molar-refractivity contribution in [3.8, 4) is 0 Å². The number of halogens is 13. The standard InChI is InChI=1S/C8H3ClF12/c1-2-3(10,11)4(12,13)5(14,15)6(16,17)7(18,19)8(9,20)21/h2H,1H2. The second-order valence-electron chi connectivity index (χ2n) is 3.62. The molecular weight excluding hydrogens is 360 g/mol. The molecule has 0 fully saturated rings. The molecule has 0 saturated carbocycles. The van der Waals surface area contributed by atoms with E-state index in [1.54, 1.807) is 0 Å². The molecule has 0 spiro atoms. The highest BCUT2D eigenvalue weighted by Crippen LogP contribution is 2.60. The topological polar surface area (TPSA) is 0 Å². The van der Waals surface area contributed by atoms with E-state index in [0.29, 0.717) is 0 Å². The average molecular weight is 363 g/mol. The van der Waals surface area contributed by atoms with E-state index in [1.165, 1.54) is 0 Å². The van der Waals surface area contributed by atoms with Crippen LogP contribution >= 0.6 is 11.6 Å². The summed E-state index contributed by atoms with van der Waals surface area (Å²) in [5.41, 5.74) is 0. The van der Waals surface area contributed by atoms with Crippen molar-refractivity contribution in [3.63, 3.8) is 0 Å². The number of allylic oxidation sites excluding steroid dienone is 1. The van der Waals surface area contributed by atoms with Crippen LogP contribution in [0.1, 0.15) is 0 Å². The van der Waals surface area contributed by atoms with Crippen LogP contribution in [0.2, 0.25) is 0 Å². The second kappa shape index (κ2) is 4.85. The van der Waals surface area contributed by atoms with E-state index < -0.39 is 41.1 Å². The van der Waals surface area contributed by atoms with Gasteiger partial charge in [-0.15, -0.1) is 0 Å². The summed E-state index contributed by atoms with van der Waals surface area (Å²) in [6, 6.07) is 0. The summed E-state index contributed by atoms with van der Waals surface area (Å²) < 4.78 is 151. The van der Waals surface area contributed by atoms with Crippen LogP contribution in [-0.4, -0.2) is 35.0 Å². The highest BCUT2D eigenvalue weighted by atomic mass is 35.5. The van der Waals surface area contributed by atoms with Crippen molar-refractivity contribution in [2.75, 3.05) is 0 Å². The zero-order chi connectivity index (χ0) is 17.7. The maximum Gasteiger partial charge on any atom is 0.393 e. The first-order chi connectivity index (χ1) is 8.81. The fourth-order valence-electron chi connectivity index (χ4n) is 0.910. The van der Waals surface area contributed by atoms with Gasteiger partial charge >= 0.3 is 35.0 Å². The van der Waals surface area contributed by atoms with Gasteiger partial charge in [-0.1, -0.05) is 6.58 Å². The molecule has 0 unspecified atom stereocenters. The molecule has 0 aliphatic heterocycles. The Morgan fingerprint density at radius 1 is 0.571 bits per heavy atom. The Bertz CT molecular complexity index is 406. The number of alkyl halides is 13. The van der Waals surface area contributed by atoms with E-state index in [0.717, 1.165) is 0 Å². The maximum absolute atomic E-state index is 12.8. The first-order valence-corrected chi connectivity index (χ1v) is 4.78. The van der Waals surface area contributed by atoms with Gasteiger partial charge in [0.05, 0.1) is 0 Å². The van der Waals surface area contributed by atoms with Gasteiger partial charge in [0.1, 0.15) is 0 Å². The smallest absolute Gasteiger partial charge is 0.195 e. The molecule has 0 bridgehead atoms. The fourth-order valence-corrected chi connectivity index (χ4v) is 1.03. The lowest BCUT2D eigenvalue weighted by Gasteiger charge is -2.39. The van der Waals surface area contributed by atoms with Gasteiger partial charge in [0.15, 0.2) is 0 Å².